The minimum atomic E-state index is -0.0941. The van der Waals surface area contributed by atoms with Crippen molar-refractivity contribution in [1.82, 2.24) is 20.1 Å². The third kappa shape index (κ3) is 2.80. The van der Waals surface area contributed by atoms with E-state index in [1.54, 1.807) is 6.33 Å². The molecule has 0 aliphatic carbocycles. The summed E-state index contributed by atoms with van der Waals surface area (Å²) >= 11 is 0. The van der Waals surface area contributed by atoms with Crippen LogP contribution < -0.4 is 10.6 Å². The zero-order valence-corrected chi connectivity index (χ0v) is 12.2. The lowest BCUT2D eigenvalue weighted by Gasteiger charge is -2.15. The van der Waals surface area contributed by atoms with Gasteiger partial charge in [0.1, 0.15) is 6.33 Å². The number of carbonyl (C=O) groups is 1. The molecule has 6 nitrogen and oxygen atoms in total. The van der Waals surface area contributed by atoms with E-state index in [0.29, 0.717) is 5.92 Å². The summed E-state index contributed by atoms with van der Waals surface area (Å²) in [7, 11) is 1.90. The highest BCUT2D eigenvalue weighted by atomic mass is 16.2. The third-order valence-electron chi connectivity index (χ3n) is 3.94. The molecule has 0 spiro atoms. The summed E-state index contributed by atoms with van der Waals surface area (Å²) in [5, 5.41) is 14.1. The molecular formula is C15H19N5O. The quantitative estimate of drug-likeness (QED) is 0.894. The summed E-state index contributed by atoms with van der Waals surface area (Å²) in [5.74, 6) is 1.22. The highest BCUT2D eigenvalue weighted by molar-refractivity contribution is 5.95. The molecule has 2 aromatic rings. The minimum absolute atomic E-state index is 0.0337. The van der Waals surface area contributed by atoms with Crippen LogP contribution in [0.15, 0.2) is 30.6 Å². The lowest BCUT2D eigenvalue weighted by molar-refractivity contribution is -0.118. The van der Waals surface area contributed by atoms with Crippen LogP contribution in [0.2, 0.25) is 0 Å². The number of benzene rings is 1. The Balaban J connectivity index is 1.70. The Morgan fingerprint density at radius 1 is 1.38 bits per heavy atom. The Morgan fingerprint density at radius 2 is 2.14 bits per heavy atom. The van der Waals surface area contributed by atoms with E-state index in [9.17, 15) is 4.79 Å². The molecule has 1 aliphatic rings. The maximum atomic E-state index is 12.2. The Labute approximate surface area is 123 Å². The topological polar surface area (TPSA) is 71.8 Å². The van der Waals surface area contributed by atoms with Gasteiger partial charge in [-0.15, -0.1) is 10.2 Å². The van der Waals surface area contributed by atoms with E-state index in [1.165, 1.54) is 0 Å². The normalized spacial score (nSPS) is 21.4. The molecule has 6 heteroatoms. The first-order valence-corrected chi connectivity index (χ1v) is 7.14. The van der Waals surface area contributed by atoms with E-state index in [0.717, 1.165) is 30.0 Å². The predicted octanol–water partition coefficient (Wildman–Crippen LogP) is 1.42. The van der Waals surface area contributed by atoms with Gasteiger partial charge in [-0.1, -0.05) is 6.92 Å². The van der Waals surface area contributed by atoms with Crippen molar-refractivity contribution in [3.05, 3.63) is 30.6 Å². The van der Waals surface area contributed by atoms with Crippen LogP contribution in [0, 0.1) is 5.92 Å². The number of amides is 1. The second kappa shape index (κ2) is 5.65. The SMILES string of the molecule is CC1CCNC1C(=O)Nc1ccc(-c2nncn2C)cc1. The van der Waals surface area contributed by atoms with E-state index >= 15 is 0 Å². The summed E-state index contributed by atoms with van der Waals surface area (Å²) in [6, 6.07) is 7.56. The molecule has 1 fully saturated rings. The van der Waals surface area contributed by atoms with E-state index in [1.807, 2.05) is 35.9 Å². The highest BCUT2D eigenvalue weighted by Crippen LogP contribution is 2.20. The summed E-state index contributed by atoms with van der Waals surface area (Å²) in [5.41, 5.74) is 1.77. The summed E-state index contributed by atoms with van der Waals surface area (Å²) in [6.45, 7) is 3.01. The van der Waals surface area contributed by atoms with Gasteiger partial charge in [-0.05, 0) is 43.1 Å². The Bertz CT molecular complexity index is 634. The number of aryl methyl sites for hydroxylation is 1. The molecule has 21 heavy (non-hydrogen) atoms. The fourth-order valence-corrected chi connectivity index (χ4v) is 2.65. The van der Waals surface area contributed by atoms with Crippen LogP contribution in [0.4, 0.5) is 5.69 Å². The summed E-state index contributed by atoms with van der Waals surface area (Å²) in [6.07, 6.45) is 2.71. The molecular weight excluding hydrogens is 266 g/mol. The van der Waals surface area contributed by atoms with Crippen molar-refractivity contribution < 1.29 is 4.79 Å². The fourth-order valence-electron chi connectivity index (χ4n) is 2.65. The van der Waals surface area contributed by atoms with Crippen LogP contribution >= 0.6 is 0 Å². The van der Waals surface area contributed by atoms with Crippen LogP contribution in [0.25, 0.3) is 11.4 Å². The number of anilines is 1. The largest absolute Gasteiger partial charge is 0.325 e. The number of aromatic nitrogens is 3. The van der Waals surface area contributed by atoms with E-state index in [2.05, 4.69) is 27.8 Å². The molecule has 2 heterocycles. The molecule has 2 atom stereocenters. The van der Waals surface area contributed by atoms with Crippen molar-refractivity contribution in [2.24, 2.45) is 13.0 Å². The van der Waals surface area contributed by atoms with Crippen LogP contribution in [0.1, 0.15) is 13.3 Å². The van der Waals surface area contributed by atoms with Crippen LogP contribution in [0.5, 0.6) is 0 Å². The number of hydrogen-bond acceptors (Lipinski definition) is 4. The number of nitrogens with one attached hydrogen (secondary N) is 2. The molecule has 3 rings (SSSR count). The molecule has 1 aromatic heterocycles. The van der Waals surface area contributed by atoms with E-state index in [-0.39, 0.29) is 11.9 Å². The second-order valence-corrected chi connectivity index (χ2v) is 5.53. The Hall–Kier alpha value is -2.21. The number of rotatable bonds is 3. The summed E-state index contributed by atoms with van der Waals surface area (Å²) < 4.78 is 1.86. The fraction of sp³-hybridized carbons (Fsp3) is 0.400. The van der Waals surface area contributed by atoms with Crippen LogP contribution in [-0.2, 0) is 11.8 Å². The zero-order chi connectivity index (χ0) is 14.8. The lowest BCUT2D eigenvalue weighted by Crippen LogP contribution is -2.39. The smallest absolute Gasteiger partial charge is 0.241 e. The van der Waals surface area contributed by atoms with Crippen molar-refractivity contribution in [3.63, 3.8) is 0 Å². The molecule has 1 amide bonds. The minimum Gasteiger partial charge on any atom is -0.325 e. The molecule has 2 unspecified atom stereocenters. The van der Waals surface area contributed by atoms with Gasteiger partial charge in [0.2, 0.25) is 5.91 Å². The van der Waals surface area contributed by atoms with Gasteiger partial charge in [-0.2, -0.15) is 0 Å². The first kappa shape index (κ1) is 13.8. The molecule has 0 bridgehead atoms. The Kier molecular flexibility index (Phi) is 3.70. The van der Waals surface area contributed by atoms with Crippen LogP contribution in [-0.4, -0.2) is 33.3 Å². The van der Waals surface area contributed by atoms with Gasteiger partial charge in [0.15, 0.2) is 5.82 Å². The van der Waals surface area contributed by atoms with Crippen molar-refractivity contribution in [3.8, 4) is 11.4 Å². The van der Waals surface area contributed by atoms with Gasteiger partial charge in [0.25, 0.3) is 0 Å². The van der Waals surface area contributed by atoms with Gasteiger partial charge >= 0.3 is 0 Å². The molecule has 110 valence electrons. The molecule has 1 saturated heterocycles. The maximum absolute atomic E-state index is 12.2. The second-order valence-electron chi connectivity index (χ2n) is 5.53. The van der Waals surface area contributed by atoms with Gasteiger partial charge in [0, 0.05) is 18.3 Å². The van der Waals surface area contributed by atoms with E-state index in [4.69, 9.17) is 0 Å². The standard InChI is InChI=1S/C15H19N5O/c1-10-7-8-16-13(10)15(21)18-12-5-3-11(4-6-12)14-19-17-9-20(14)2/h3-6,9-10,13,16H,7-8H2,1-2H3,(H,18,21). The van der Waals surface area contributed by atoms with Gasteiger partial charge in [-0.25, -0.2) is 0 Å². The molecule has 1 aliphatic heterocycles. The number of hydrogen-bond donors (Lipinski definition) is 2. The van der Waals surface area contributed by atoms with Crippen molar-refractivity contribution in [1.29, 1.82) is 0 Å². The van der Waals surface area contributed by atoms with Gasteiger partial charge in [-0.3, -0.25) is 4.79 Å². The average molecular weight is 285 g/mol. The Morgan fingerprint density at radius 3 is 2.71 bits per heavy atom. The van der Waals surface area contributed by atoms with Gasteiger partial charge in [0.05, 0.1) is 6.04 Å². The number of carbonyl (C=O) groups excluding carboxylic acids is 1. The first-order chi connectivity index (χ1) is 10.1. The van der Waals surface area contributed by atoms with Crippen molar-refractivity contribution >= 4 is 11.6 Å². The average Bonchev–Trinajstić information content (AvgIpc) is 3.08. The van der Waals surface area contributed by atoms with Crippen LogP contribution in [0.3, 0.4) is 0 Å². The first-order valence-electron chi connectivity index (χ1n) is 7.14. The third-order valence-corrected chi connectivity index (χ3v) is 3.94. The zero-order valence-electron chi connectivity index (χ0n) is 12.2. The lowest BCUT2D eigenvalue weighted by atomic mass is 10.0. The van der Waals surface area contributed by atoms with Crippen molar-refractivity contribution in [2.45, 2.75) is 19.4 Å². The molecule has 2 N–H and O–H groups in total. The molecule has 0 radical (unpaired) electrons. The van der Waals surface area contributed by atoms with Gasteiger partial charge < -0.3 is 15.2 Å². The number of nitrogens with zero attached hydrogens (tertiary/aromatic N) is 3. The molecule has 1 aromatic carbocycles. The van der Waals surface area contributed by atoms with E-state index < -0.39 is 0 Å². The maximum Gasteiger partial charge on any atom is 0.241 e. The van der Waals surface area contributed by atoms with Crippen molar-refractivity contribution in [2.75, 3.05) is 11.9 Å². The molecule has 0 saturated carbocycles. The summed E-state index contributed by atoms with van der Waals surface area (Å²) in [4.78, 5) is 12.2. The highest BCUT2D eigenvalue weighted by Gasteiger charge is 2.29. The monoisotopic (exact) mass is 285 g/mol. The predicted molar refractivity (Wildman–Crippen MR) is 80.6 cm³/mol.